The molecule has 0 amide bonds. The fourth-order valence-electron chi connectivity index (χ4n) is 4.03. The van der Waals surface area contributed by atoms with Gasteiger partial charge >= 0.3 is 11.9 Å². The smallest absolute Gasteiger partial charge is 0.320 e. The number of carboxylic acid groups (broad SMARTS) is 1. The van der Waals surface area contributed by atoms with Crippen molar-refractivity contribution in [3.63, 3.8) is 0 Å². The molecule has 2 aromatic rings. The summed E-state index contributed by atoms with van der Waals surface area (Å²) >= 11 is 0. The van der Waals surface area contributed by atoms with Crippen LogP contribution in [0.4, 0.5) is 11.5 Å². The summed E-state index contributed by atoms with van der Waals surface area (Å²) in [6.45, 7) is 14.0. The van der Waals surface area contributed by atoms with E-state index in [0.29, 0.717) is 23.6 Å². The van der Waals surface area contributed by atoms with E-state index in [2.05, 4.69) is 17.4 Å². The Balaban J connectivity index is 2.68. The first kappa shape index (κ1) is 27.2. The van der Waals surface area contributed by atoms with E-state index in [1.165, 1.54) is 0 Å². The number of benzene rings is 1. The standard InChI is InChI=1S/C27H38N2O5/c1-8-19-14-23(34-20(9-2)10-3)21(15-22(26(30)31)27(32)33-11-4)25(28-19)29-24-17(6)12-16(5)13-18(24)7/h12-14,20,22H,8-11,15H2,1-7H3,(H,28,29)(H,30,31). The molecule has 0 saturated heterocycles. The second kappa shape index (κ2) is 12.4. The van der Waals surface area contributed by atoms with E-state index in [-0.39, 0.29) is 19.1 Å². The van der Waals surface area contributed by atoms with E-state index in [1.807, 2.05) is 47.6 Å². The van der Waals surface area contributed by atoms with Gasteiger partial charge < -0.3 is 19.9 Å². The molecular formula is C27H38N2O5. The van der Waals surface area contributed by atoms with Crippen molar-refractivity contribution >= 4 is 23.4 Å². The van der Waals surface area contributed by atoms with Gasteiger partial charge in [0.15, 0.2) is 5.92 Å². The largest absolute Gasteiger partial charge is 0.490 e. The average Bonchev–Trinajstić information content (AvgIpc) is 2.78. The molecule has 7 nitrogen and oxygen atoms in total. The summed E-state index contributed by atoms with van der Waals surface area (Å²) in [5, 5.41) is 13.3. The highest BCUT2D eigenvalue weighted by atomic mass is 16.5. The van der Waals surface area contributed by atoms with Gasteiger partial charge in [0, 0.05) is 29.4 Å². The minimum absolute atomic E-state index is 0.0348. The first-order valence-corrected chi connectivity index (χ1v) is 12.1. The van der Waals surface area contributed by atoms with Crippen LogP contribution in [0.1, 0.15) is 68.5 Å². The van der Waals surface area contributed by atoms with Crippen LogP contribution in [0.2, 0.25) is 0 Å². The maximum Gasteiger partial charge on any atom is 0.320 e. The number of aryl methyl sites for hydroxylation is 4. The van der Waals surface area contributed by atoms with E-state index in [9.17, 15) is 14.7 Å². The van der Waals surface area contributed by atoms with Gasteiger partial charge in [-0.05, 0) is 58.1 Å². The number of carbonyl (C=O) groups is 2. The van der Waals surface area contributed by atoms with Gasteiger partial charge in [0.2, 0.25) is 0 Å². The lowest BCUT2D eigenvalue weighted by Crippen LogP contribution is -2.29. The molecule has 2 N–H and O–H groups in total. The molecule has 186 valence electrons. The van der Waals surface area contributed by atoms with Crippen LogP contribution in [0.5, 0.6) is 5.75 Å². The molecule has 0 spiro atoms. The molecule has 7 heteroatoms. The molecule has 0 bridgehead atoms. The number of rotatable bonds is 12. The fourth-order valence-corrected chi connectivity index (χ4v) is 4.03. The summed E-state index contributed by atoms with van der Waals surface area (Å²) in [7, 11) is 0. The zero-order valence-electron chi connectivity index (χ0n) is 21.4. The minimum atomic E-state index is -1.36. The fraction of sp³-hybridized carbons (Fsp3) is 0.519. The Kier molecular flexibility index (Phi) is 9.90. The summed E-state index contributed by atoms with van der Waals surface area (Å²) in [6.07, 6.45) is 2.16. The Morgan fingerprint density at radius 1 is 1.03 bits per heavy atom. The van der Waals surface area contributed by atoms with E-state index < -0.39 is 17.9 Å². The Labute approximate surface area is 202 Å². The van der Waals surface area contributed by atoms with E-state index >= 15 is 0 Å². The van der Waals surface area contributed by atoms with E-state index in [4.69, 9.17) is 14.5 Å². The molecule has 1 heterocycles. The molecule has 0 saturated carbocycles. The number of carbonyl (C=O) groups excluding carboxylic acids is 1. The number of nitrogens with one attached hydrogen (secondary N) is 1. The topological polar surface area (TPSA) is 97.8 Å². The second-order valence-corrected chi connectivity index (χ2v) is 8.59. The Hall–Kier alpha value is -3.09. The summed E-state index contributed by atoms with van der Waals surface area (Å²) in [6, 6.07) is 6.02. The van der Waals surface area contributed by atoms with Crippen LogP contribution < -0.4 is 10.1 Å². The van der Waals surface area contributed by atoms with Gasteiger partial charge in [-0.3, -0.25) is 9.59 Å². The van der Waals surface area contributed by atoms with Gasteiger partial charge in [0.25, 0.3) is 0 Å². The highest BCUT2D eigenvalue weighted by molar-refractivity contribution is 5.94. The molecule has 2 rings (SSSR count). The van der Waals surface area contributed by atoms with Crippen LogP contribution in [0.25, 0.3) is 0 Å². The summed E-state index contributed by atoms with van der Waals surface area (Å²) in [5.41, 5.74) is 5.54. The third-order valence-corrected chi connectivity index (χ3v) is 5.90. The molecule has 0 aliphatic carbocycles. The molecule has 0 fully saturated rings. The van der Waals surface area contributed by atoms with Crippen molar-refractivity contribution in [1.29, 1.82) is 0 Å². The number of carboxylic acids is 1. The van der Waals surface area contributed by atoms with Gasteiger partial charge in [0.1, 0.15) is 11.6 Å². The molecular weight excluding hydrogens is 432 g/mol. The molecule has 0 radical (unpaired) electrons. The van der Waals surface area contributed by atoms with E-state index in [1.54, 1.807) is 6.92 Å². The Morgan fingerprint density at radius 2 is 1.65 bits per heavy atom. The van der Waals surface area contributed by atoms with Crippen LogP contribution in [0, 0.1) is 26.7 Å². The predicted molar refractivity (Wildman–Crippen MR) is 134 cm³/mol. The van der Waals surface area contributed by atoms with E-state index in [0.717, 1.165) is 40.9 Å². The van der Waals surface area contributed by atoms with Crippen molar-refractivity contribution in [3.8, 4) is 5.75 Å². The number of ether oxygens (including phenoxy) is 2. The van der Waals surface area contributed by atoms with Crippen LogP contribution in [-0.4, -0.2) is 34.7 Å². The number of nitrogens with zero attached hydrogens (tertiary/aromatic N) is 1. The van der Waals surface area contributed by atoms with Gasteiger partial charge in [-0.2, -0.15) is 0 Å². The van der Waals surface area contributed by atoms with Crippen molar-refractivity contribution in [3.05, 3.63) is 46.1 Å². The second-order valence-electron chi connectivity index (χ2n) is 8.59. The molecule has 0 aliphatic rings. The van der Waals surface area contributed by atoms with Crippen LogP contribution >= 0.6 is 0 Å². The third-order valence-electron chi connectivity index (χ3n) is 5.90. The van der Waals surface area contributed by atoms with Gasteiger partial charge in [0.05, 0.1) is 12.7 Å². The van der Waals surface area contributed by atoms with Crippen molar-refractivity contribution in [2.75, 3.05) is 11.9 Å². The van der Waals surface area contributed by atoms with Crippen molar-refractivity contribution in [2.24, 2.45) is 5.92 Å². The Bertz CT molecular complexity index is 991. The molecule has 1 unspecified atom stereocenters. The van der Waals surface area contributed by atoms with Crippen molar-refractivity contribution in [2.45, 2.75) is 80.3 Å². The van der Waals surface area contributed by atoms with Gasteiger partial charge in [-0.25, -0.2) is 4.98 Å². The maximum absolute atomic E-state index is 12.5. The minimum Gasteiger partial charge on any atom is -0.490 e. The van der Waals surface area contributed by atoms with Crippen LogP contribution in [-0.2, 0) is 27.2 Å². The summed E-state index contributed by atoms with van der Waals surface area (Å²) < 4.78 is 11.4. The lowest BCUT2D eigenvalue weighted by atomic mass is 9.97. The average molecular weight is 471 g/mol. The maximum atomic E-state index is 12.5. The number of pyridine rings is 1. The third kappa shape index (κ3) is 6.72. The van der Waals surface area contributed by atoms with Crippen LogP contribution in [0.15, 0.2) is 18.2 Å². The molecule has 34 heavy (non-hydrogen) atoms. The van der Waals surface area contributed by atoms with Crippen molar-refractivity contribution < 1.29 is 24.2 Å². The lowest BCUT2D eigenvalue weighted by molar-refractivity contribution is -0.158. The number of anilines is 2. The summed E-state index contributed by atoms with van der Waals surface area (Å²) in [5.74, 6) is -2.30. The van der Waals surface area contributed by atoms with Crippen molar-refractivity contribution in [1.82, 2.24) is 4.98 Å². The number of hydrogen-bond acceptors (Lipinski definition) is 6. The molecule has 1 aromatic heterocycles. The normalized spacial score (nSPS) is 11.9. The molecule has 1 aromatic carbocycles. The predicted octanol–water partition coefficient (Wildman–Crippen LogP) is 5.69. The highest BCUT2D eigenvalue weighted by Crippen LogP contribution is 2.35. The first-order valence-electron chi connectivity index (χ1n) is 12.1. The number of hydrogen-bond donors (Lipinski definition) is 2. The number of aliphatic carboxylic acids is 1. The van der Waals surface area contributed by atoms with Gasteiger partial charge in [-0.1, -0.05) is 38.5 Å². The SMILES string of the molecule is CCOC(=O)C(Cc1c(OC(CC)CC)cc(CC)nc1Nc1c(C)cc(C)cc1C)C(=O)O. The number of esters is 1. The number of aromatic nitrogens is 1. The quantitative estimate of drug-likeness (QED) is 0.304. The highest BCUT2D eigenvalue weighted by Gasteiger charge is 2.31. The van der Waals surface area contributed by atoms with Crippen LogP contribution in [0.3, 0.4) is 0 Å². The zero-order valence-corrected chi connectivity index (χ0v) is 21.4. The van der Waals surface area contributed by atoms with Gasteiger partial charge in [-0.15, -0.1) is 0 Å². The summed E-state index contributed by atoms with van der Waals surface area (Å²) in [4.78, 5) is 29.3. The zero-order chi connectivity index (χ0) is 25.4. The molecule has 0 aliphatic heterocycles. The lowest BCUT2D eigenvalue weighted by Gasteiger charge is -2.24. The Morgan fingerprint density at radius 3 is 2.15 bits per heavy atom. The monoisotopic (exact) mass is 470 g/mol. The molecule has 1 atom stereocenters. The first-order chi connectivity index (χ1) is 16.1.